The van der Waals surface area contributed by atoms with Crippen LogP contribution >= 0.6 is 15.9 Å². The van der Waals surface area contributed by atoms with Gasteiger partial charge in [-0.2, -0.15) is 4.98 Å². The summed E-state index contributed by atoms with van der Waals surface area (Å²) >= 11 is 3.32. The highest BCUT2D eigenvalue weighted by atomic mass is 79.9. The molecular formula is C14H14BrFN2O2. The molecular weight excluding hydrogens is 327 g/mol. The highest BCUT2D eigenvalue weighted by Gasteiger charge is 2.27. The molecule has 1 aromatic heterocycles. The smallest absolute Gasteiger partial charge is 0.237 e. The van der Waals surface area contributed by atoms with Gasteiger partial charge in [0, 0.05) is 10.0 Å². The number of hydrogen-bond donors (Lipinski definition) is 0. The van der Waals surface area contributed by atoms with Gasteiger partial charge in [-0.05, 0) is 31.0 Å². The van der Waals surface area contributed by atoms with Crippen LogP contribution in [0.15, 0.2) is 27.2 Å². The second-order valence-electron chi connectivity index (χ2n) is 4.91. The molecule has 6 heteroatoms. The van der Waals surface area contributed by atoms with Crippen LogP contribution in [0.3, 0.4) is 0 Å². The van der Waals surface area contributed by atoms with Crippen molar-refractivity contribution in [3.63, 3.8) is 0 Å². The molecule has 1 atom stereocenters. The molecule has 0 radical (unpaired) electrons. The van der Waals surface area contributed by atoms with E-state index in [1.165, 1.54) is 19.1 Å². The third-order valence-corrected chi connectivity index (χ3v) is 3.67. The summed E-state index contributed by atoms with van der Waals surface area (Å²) in [6.45, 7) is 5.31. The van der Waals surface area contributed by atoms with Gasteiger partial charge in [0.1, 0.15) is 11.6 Å². The lowest BCUT2D eigenvalue weighted by molar-refractivity contribution is -0.119. The summed E-state index contributed by atoms with van der Waals surface area (Å²) in [5.41, 5.74) is 0.492. The quantitative estimate of drug-likeness (QED) is 0.844. The number of rotatable bonds is 4. The normalized spacial score (nSPS) is 12.7. The molecule has 106 valence electrons. The van der Waals surface area contributed by atoms with E-state index in [4.69, 9.17) is 4.52 Å². The first-order valence-corrected chi connectivity index (χ1v) is 6.99. The van der Waals surface area contributed by atoms with Crippen molar-refractivity contribution in [3.05, 3.63) is 34.4 Å². The molecule has 0 aliphatic heterocycles. The number of hydrogen-bond acceptors (Lipinski definition) is 4. The predicted octanol–water partition coefficient (Wildman–Crippen LogP) is 3.97. The Hall–Kier alpha value is -1.56. The summed E-state index contributed by atoms with van der Waals surface area (Å²) in [6, 6.07) is 4.23. The van der Waals surface area contributed by atoms with Crippen molar-refractivity contribution in [1.82, 2.24) is 10.1 Å². The molecule has 0 spiro atoms. The fourth-order valence-corrected chi connectivity index (χ4v) is 2.49. The van der Waals surface area contributed by atoms with Gasteiger partial charge in [0.15, 0.2) is 0 Å². The summed E-state index contributed by atoms with van der Waals surface area (Å²) in [7, 11) is 0. The van der Waals surface area contributed by atoms with Gasteiger partial charge in [-0.15, -0.1) is 0 Å². The highest BCUT2D eigenvalue weighted by molar-refractivity contribution is 9.10. The number of nitrogens with zero attached hydrogens (tertiary/aromatic N) is 2. The van der Waals surface area contributed by atoms with Crippen molar-refractivity contribution in [1.29, 1.82) is 0 Å². The minimum atomic E-state index is -0.441. The standard InChI is InChI=1S/C14H14BrFN2O2/c1-7(2)12(8(3)19)14-17-13(18-20-14)10-6-9(16)4-5-11(10)15/h4-7,12H,1-3H3. The first-order valence-electron chi connectivity index (χ1n) is 6.19. The first kappa shape index (κ1) is 14.8. The monoisotopic (exact) mass is 340 g/mol. The molecule has 1 heterocycles. The maximum Gasteiger partial charge on any atom is 0.237 e. The topological polar surface area (TPSA) is 56.0 Å². The van der Waals surface area contributed by atoms with E-state index in [0.29, 0.717) is 10.0 Å². The maximum atomic E-state index is 13.3. The van der Waals surface area contributed by atoms with Crippen molar-refractivity contribution < 1.29 is 13.7 Å². The summed E-state index contributed by atoms with van der Waals surface area (Å²) in [6.07, 6.45) is 0. The van der Waals surface area contributed by atoms with E-state index in [0.717, 1.165) is 0 Å². The zero-order valence-corrected chi connectivity index (χ0v) is 12.9. The largest absolute Gasteiger partial charge is 0.338 e. The van der Waals surface area contributed by atoms with Gasteiger partial charge in [-0.3, -0.25) is 4.79 Å². The Balaban J connectivity index is 2.42. The molecule has 0 fully saturated rings. The average molecular weight is 341 g/mol. The fourth-order valence-electron chi connectivity index (χ4n) is 2.07. The van der Waals surface area contributed by atoms with Gasteiger partial charge in [0.05, 0.1) is 5.92 Å². The van der Waals surface area contributed by atoms with Crippen LogP contribution in [-0.2, 0) is 4.79 Å². The second-order valence-corrected chi connectivity index (χ2v) is 5.77. The number of Topliss-reactive ketones (excluding diaryl/α,β-unsaturated/α-hetero) is 1. The van der Waals surface area contributed by atoms with Gasteiger partial charge >= 0.3 is 0 Å². The Morgan fingerprint density at radius 2 is 2.10 bits per heavy atom. The van der Waals surface area contributed by atoms with Crippen LogP contribution in [0.2, 0.25) is 0 Å². The zero-order chi connectivity index (χ0) is 14.9. The molecule has 0 amide bonds. The molecule has 2 rings (SSSR count). The van der Waals surface area contributed by atoms with Crippen molar-refractivity contribution in [2.75, 3.05) is 0 Å². The van der Waals surface area contributed by atoms with Crippen LogP contribution < -0.4 is 0 Å². The predicted molar refractivity (Wildman–Crippen MR) is 75.7 cm³/mol. The highest BCUT2D eigenvalue weighted by Crippen LogP contribution is 2.30. The summed E-state index contributed by atoms with van der Waals surface area (Å²) in [5, 5.41) is 3.84. The van der Waals surface area contributed by atoms with Crippen LogP contribution in [0.5, 0.6) is 0 Å². The Morgan fingerprint density at radius 1 is 1.40 bits per heavy atom. The molecule has 1 unspecified atom stereocenters. The molecule has 20 heavy (non-hydrogen) atoms. The van der Waals surface area contributed by atoms with Gasteiger partial charge in [0.25, 0.3) is 0 Å². The number of ketones is 1. The SMILES string of the molecule is CC(=O)C(c1nc(-c2cc(F)ccc2Br)no1)C(C)C. The second kappa shape index (κ2) is 5.83. The first-order chi connectivity index (χ1) is 9.40. The molecule has 1 aromatic carbocycles. The summed E-state index contributed by atoms with van der Waals surface area (Å²) < 4.78 is 19.1. The van der Waals surface area contributed by atoms with Crippen LogP contribution in [0.25, 0.3) is 11.4 Å². The van der Waals surface area contributed by atoms with Gasteiger partial charge in [0.2, 0.25) is 11.7 Å². The summed E-state index contributed by atoms with van der Waals surface area (Å²) in [5.74, 6) is -0.285. The van der Waals surface area contributed by atoms with E-state index in [1.54, 1.807) is 6.07 Å². The molecule has 4 nitrogen and oxygen atoms in total. The van der Waals surface area contributed by atoms with Gasteiger partial charge in [-0.25, -0.2) is 4.39 Å². The van der Waals surface area contributed by atoms with E-state index in [-0.39, 0.29) is 29.2 Å². The van der Waals surface area contributed by atoms with Crippen molar-refractivity contribution in [2.45, 2.75) is 26.7 Å². The molecule has 0 saturated carbocycles. The molecule has 0 saturated heterocycles. The molecule has 0 aliphatic rings. The van der Waals surface area contributed by atoms with Crippen molar-refractivity contribution >= 4 is 21.7 Å². The third kappa shape index (κ3) is 2.95. The molecule has 2 aromatic rings. The Bertz CT molecular complexity index is 640. The molecule has 0 N–H and O–H groups in total. The lowest BCUT2D eigenvalue weighted by Crippen LogP contribution is -2.15. The van der Waals surface area contributed by atoms with Crippen LogP contribution in [-0.4, -0.2) is 15.9 Å². The van der Waals surface area contributed by atoms with Gasteiger partial charge in [-0.1, -0.05) is 34.9 Å². The van der Waals surface area contributed by atoms with E-state index >= 15 is 0 Å². The van der Waals surface area contributed by atoms with E-state index in [9.17, 15) is 9.18 Å². The van der Waals surface area contributed by atoms with Crippen LogP contribution in [0.4, 0.5) is 4.39 Å². The number of aromatic nitrogens is 2. The average Bonchev–Trinajstić information content (AvgIpc) is 2.80. The number of benzene rings is 1. The Labute approximate surface area is 124 Å². The number of carbonyl (C=O) groups excluding carboxylic acids is 1. The van der Waals surface area contributed by atoms with E-state index < -0.39 is 5.92 Å². The van der Waals surface area contributed by atoms with Gasteiger partial charge < -0.3 is 4.52 Å². The van der Waals surface area contributed by atoms with E-state index in [2.05, 4.69) is 26.1 Å². The minimum Gasteiger partial charge on any atom is -0.338 e. The van der Waals surface area contributed by atoms with Crippen molar-refractivity contribution in [3.8, 4) is 11.4 Å². The Kier molecular flexibility index (Phi) is 4.32. The Morgan fingerprint density at radius 3 is 2.70 bits per heavy atom. The molecule has 0 aliphatic carbocycles. The lowest BCUT2D eigenvalue weighted by atomic mass is 9.92. The third-order valence-electron chi connectivity index (χ3n) is 2.98. The van der Waals surface area contributed by atoms with E-state index in [1.807, 2.05) is 13.8 Å². The molecule has 0 bridgehead atoms. The number of halogens is 2. The minimum absolute atomic E-state index is 0.0338. The van der Waals surface area contributed by atoms with Crippen LogP contribution in [0.1, 0.15) is 32.6 Å². The lowest BCUT2D eigenvalue weighted by Gasteiger charge is -2.12. The van der Waals surface area contributed by atoms with Crippen LogP contribution in [0, 0.1) is 11.7 Å². The number of carbonyl (C=O) groups is 1. The maximum absolute atomic E-state index is 13.3. The summed E-state index contributed by atoms with van der Waals surface area (Å²) in [4.78, 5) is 15.9. The fraction of sp³-hybridized carbons (Fsp3) is 0.357. The van der Waals surface area contributed by atoms with Crippen molar-refractivity contribution in [2.24, 2.45) is 5.92 Å². The zero-order valence-electron chi connectivity index (χ0n) is 11.4.